The number of aliphatic hydroxyl groups is 1. The maximum absolute atomic E-state index is 12.3. The first kappa shape index (κ1) is 16.2. The van der Waals surface area contributed by atoms with Crippen LogP contribution in [-0.2, 0) is 4.79 Å². The van der Waals surface area contributed by atoms with Crippen LogP contribution in [0.4, 0.5) is 0 Å². The second-order valence-corrected chi connectivity index (χ2v) is 6.07. The molecule has 0 aromatic heterocycles. The summed E-state index contributed by atoms with van der Waals surface area (Å²) in [4.78, 5) is 12.3. The first-order chi connectivity index (χ1) is 8.91. The molecule has 0 saturated carbocycles. The highest BCUT2D eigenvalue weighted by Crippen LogP contribution is 2.21. The lowest BCUT2D eigenvalue weighted by atomic mass is 9.92. The third-order valence-electron chi connectivity index (χ3n) is 3.63. The molecule has 0 aliphatic carbocycles. The maximum Gasteiger partial charge on any atom is 0.227 e. The van der Waals surface area contributed by atoms with Gasteiger partial charge >= 0.3 is 0 Å². The van der Waals surface area contributed by atoms with Gasteiger partial charge in [-0.15, -0.1) is 0 Å². The van der Waals surface area contributed by atoms with Crippen molar-refractivity contribution in [1.82, 2.24) is 5.32 Å². The zero-order valence-electron chi connectivity index (χ0n) is 11.7. The minimum atomic E-state index is -0.338. The molecule has 3 nitrogen and oxygen atoms in total. The highest BCUT2D eigenvalue weighted by Gasteiger charge is 2.26. The number of amides is 1. The second-order valence-electron chi connectivity index (χ2n) is 5.15. The summed E-state index contributed by atoms with van der Waals surface area (Å²) in [6.45, 7) is 5.96. The molecule has 1 aromatic carbocycles. The fraction of sp³-hybridized carbons (Fsp3) is 0.533. The van der Waals surface area contributed by atoms with Crippen molar-refractivity contribution in [3.8, 4) is 0 Å². The number of rotatable bonds is 6. The van der Waals surface area contributed by atoms with Crippen LogP contribution in [0.3, 0.4) is 0 Å². The van der Waals surface area contributed by atoms with E-state index in [0.717, 1.165) is 16.5 Å². The summed E-state index contributed by atoms with van der Waals surface area (Å²) in [6.07, 6.45) is 1.37. The van der Waals surface area contributed by atoms with E-state index < -0.39 is 0 Å². The van der Waals surface area contributed by atoms with Crippen molar-refractivity contribution >= 4 is 21.8 Å². The highest BCUT2D eigenvalue weighted by atomic mass is 79.9. The standard InChI is InChI=1S/C15H22BrNO2/c1-4-15(3,9-10-18)17-14(19)11(2)12-5-7-13(16)8-6-12/h5-8,11,18H,4,9-10H2,1-3H3,(H,17,19). The van der Waals surface area contributed by atoms with Crippen LogP contribution in [0.1, 0.15) is 45.1 Å². The number of carbonyl (C=O) groups is 1. The van der Waals surface area contributed by atoms with Crippen molar-refractivity contribution in [1.29, 1.82) is 0 Å². The van der Waals surface area contributed by atoms with Crippen LogP contribution in [0.15, 0.2) is 28.7 Å². The van der Waals surface area contributed by atoms with E-state index in [1.807, 2.05) is 45.0 Å². The van der Waals surface area contributed by atoms with Crippen molar-refractivity contribution in [2.24, 2.45) is 0 Å². The SMILES string of the molecule is CCC(C)(CCO)NC(=O)C(C)c1ccc(Br)cc1. The van der Waals surface area contributed by atoms with Gasteiger partial charge in [0.25, 0.3) is 0 Å². The summed E-state index contributed by atoms with van der Waals surface area (Å²) in [5.41, 5.74) is 0.651. The second kappa shape index (κ2) is 7.06. The Labute approximate surface area is 123 Å². The molecule has 0 spiro atoms. The average Bonchev–Trinajstić information content (AvgIpc) is 2.39. The molecular weight excluding hydrogens is 306 g/mol. The smallest absolute Gasteiger partial charge is 0.227 e. The minimum Gasteiger partial charge on any atom is -0.396 e. The molecule has 4 heteroatoms. The molecular formula is C15H22BrNO2. The molecule has 0 fully saturated rings. The number of benzene rings is 1. The predicted molar refractivity (Wildman–Crippen MR) is 81.1 cm³/mol. The molecule has 0 saturated heterocycles. The van der Waals surface area contributed by atoms with Crippen LogP contribution in [-0.4, -0.2) is 23.2 Å². The van der Waals surface area contributed by atoms with Crippen molar-refractivity contribution in [3.05, 3.63) is 34.3 Å². The first-order valence-corrected chi connectivity index (χ1v) is 7.39. The molecule has 0 radical (unpaired) electrons. The van der Waals surface area contributed by atoms with Crippen LogP contribution >= 0.6 is 15.9 Å². The van der Waals surface area contributed by atoms with Crippen LogP contribution < -0.4 is 5.32 Å². The maximum atomic E-state index is 12.3. The van der Waals surface area contributed by atoms with Gasteiger partial charge < -0.3 is 10.4 Å². The molecule has 1 aromatic rings. The topological polar surface area (TPSA) is 49.3 Å². The van der Waals surface area contributed by atoms with Gasteiger partial charge in [-0.1, -0.05) is 35.0 Å². The zero-order chi connectivity index (χ0) is 14.5. The van der Waals surface area contributed by atoms with Gasteiger partial charge in [0.05, 0.1) is 5.92 Å². The van der Waals surface area contributed by atoms with Gasteiger partial charge in [0.1, 0.15) is 0 Å². The van der Waals surface area contributed by atoms with E-state index in [1.54, 1.807) is 0 Å². The quantitative estimate of drug-likeness (QED) is 0.842. The number of halogens is 1. The van der Waals surface area contributed by atoms with E-state index in [4.69, 9.17) is 5.11 Å². The fourth-order valence-electron chi connectivity index (χ4n) is 1.88. The van der Waals surface area contributed by atoms with Gasteiger partial charge in [0.2, 0.25) is 5.91 Å². The molecule has 2 atom stereocenters. The zero-order valence-corrected chi connectivity index (χ0v) is 13.3. The summed E-state index contributed by atoms with van der Waals surface area (Å²) in [5.74, 6) is -0.196. The Kier molecular flexibility index (Phi) is 6.01. The lowest BCUT2D eigenvalue weighted by Gasteiger charge is -2.30. The van der Waals surface area contributed by atoms with E-state index >= 15 is 0 Å². The molecule has 0 bridgehead atoms. The Morgan fingerprint density at radius 2 is 2.00 bits per heavy atom. The van der Waals surface area contributed by atoms with Crippen LogP contribution in [0, 0.1) is 0 Å². The number of aliphatic hydroxyl groups excluding tert-OH is 1. The predicted octanol–water partition coefficient (Wildman–Crippen LogP) is 3.22. The van der Waals surface area contributed by atoms with Crippen LogP contribution in [0.2, 0.25) is 0 Å². The van der Waals surface area contributed by atoms with Crippen LogP contribution in [0.25, 0.3) is 0 Å². The first-order valence-electron chi connectivity index (χ1n) is 6.60. The van der Waals surface area contributed by atoms with E-state index in [9.17, 15) is 4.79 Å². The fourth-order valence-corrected chi connectivity index (χ4v) is 2.15. The third-order valence-corrected chi connectivity index (χ3v) is 4.16. The number of nitrogens with one attached hydrogen (secondary N) is 1. The van der Waals surface area contributed by atoms with Crippen molar-refractivity contribution in [2.75, 3.05) is 6.61 Å². The molecule has 0 heterocycles. The summed E-state index contributed by atoms with van der Waals surface area (Å²) in [6, 6.07) is 7.77. The molecule has 2 N–H and O–H groups in total. The van der Waals surface area contributed by atoms with E-state index in [2.05, 4.69) is 21.2 Å². The number of carbonyl (C=O) groups excluding carboxylic acids is 1. The largest absolute Gasteiger partial charge is 0.396 e. The average molecular weight is 328 g/mol. The number of hydrogen-bond donors (Lipinski definition) is 2. The molecule has 1 amide bonds. The highest BCUT2D eigenvalue weighted by molar-refractivity contribution is 9.10. The molecule has 0 aliphatic heterocycles. The Hall–Kier alpha value is -0.870. The van der Waals surface area contributed by atoms with E-state index in [0.29, 0.717) is 6.42 Å². The molecule has 1 rings (SSSR count). The van der Waals surface area contributed by atoms with Crippen molar-refractivity contribution in [3.63, 3.8) is 0 Å². The van der Waals surface area contributed by atoms with Gasteiger partial charge in [-0.05, 0) is 44.4 Å². The Morgan fingerprint density at radius 3 is 2.47 bits per heavy atom. The molecule has 106 valence electrons. The molecule has 2 unspecified atom stereocenters. The Morgan fingerprint density at radius 1 is 1.42 bits per heavy atom. The van der Waals surface area contributed by atoms with Gasteiger partial charge in [-0.2, -0.15) is 0 Å². The van der Waals surface area contributed by atoms with Gasteiger partial charge in [0, 0.05) is 16.6 Å². The number of hydrogen-bond acceptors (Lipinski definition) is 2. The summed E-state index contributed by atoms with van der Waals surface area (Å²) in [7, 11) is 0. The Balaban J connectivity index is 2.74. The summed E-state index contributed by atoms with van der Waals surface area (Å²) in [5, 5.41) is 12.1. The van der Waals surface area contributed by atoms with Gasteiger partial charge in [0.15, 0.2) is 0 Å². The summed E-state index contributed by atoms with van der Waals surface area (Å²) < 4.78 is 1.00. The van der Waals surface area contributed by atoms with E-state index in [1.165, 1.54) is 0 Å². The van der Waals surface area contributed by atoms with Crippen molar-refractivity contribution in [2.45, 2.75) is 45.1 Å². The van der Waals surface area contributed by atoms with E-state index in [-0.39, 0.29) is 24.0 Å². The summed E-state index contributed by atoms with van der Waals surface area (Å²) >= 11 is 3.38. The lowest BCUT2D eigenvalue weighted by Crippen LogP contribution is -2.47. The normalized spacial score (nSPS) is 15.6. The van der Waals surface area contributed by atoms with Gasteiger partial charge in [-0.25, -0.2) is 0 Å². The molecule has 0 aliphatic rings. The third kappa shape index (κ3) is 4.62. The van der Waals surface area contributed by atoms with Gasteiger partial charge in [-0.3, -0.25) is 4.79 Å². The van der Waals surface area contributed by atoms with Crippen molar-refractivity contribution < 1.29 is 9.90 Å². The monoisotopic (exact) mass is 327 g/mol. The minimum absolute atomic E-state index is 0.000113. The Bertz CT molecular complexity index is 419. The lowest BCUT2D eigenvalue weighted by molar-refractivity contribution is -0.124. The van der Waals surface area contributed by atoms with Crippen LogP contribution in [0.5, 0.6) is 0 Å². The molecule has 19 heavy (non-hydrogen) atoms.